The molecule has 0 saturated heterocycles. The van der Waals surface area contributed by atoms with Crippen LogP contribution in [0.25, 0.3) is 22.6 Å². The third kappa shape index (κ3) is 2.06. The van der Waals surface area contributed by atoms with Crippen molar-refractivity contribution in [3.63, 3.8) is 0 Å². The molecule has 0 aliphatic carbocycles. The molecule has 0 bridgehead atoms. The summed E-state index contributed by atoms with van der Waals surface area (Å²) in [5, 5.41) is 8.80. The highest BCUT2D eigenvalue weighted by atomic mass is 15.1. The number of pyridine rings is 1. The molecule has 0 aliphatic heterocycles. The third-order valence-electron chi connectivity index (χ3n) is 3.00. The molecule has 0 saturated carbocycles. The van der Waals surface area contributed by atoms with Gasteiger partial charge in [-0.3, -0.25) is 4.98 Å². The van der Waals surface area contributed by atoms with E-state index in [-0.39, 0.29) is 0 Å². The van der Waals surface area contributed by atoms with E-state index in [2.05, 4.69) is 20.6 Å². The van der Waals surface area contributed by atoms with Gasteiger partial charge in [0, 0.05) is 12.7 Å². The van der Waals surface area contributed by atoms with Gasteiger partial charge in [-0.25, -0.2) is 4.98 Å². The summed E-state index contributed by atoms with van der Waals surface area (Å²) >= 11 is 0. The molecule has 3 rings (SSSR count). The predicted molar refractivity (Wildman–Crippen MR) is 73.2 cm³/mol. The van der Waals surface area contributed by atoms with Crippen molar-refractivity contribution >= 4 is 11.0 Å². The zero-order chi connectivity index (χ0) is 13.1. The van der Waals surface area contributed by atoms with Crippen LogP contribution in [0, 0.1) is 11.3 Å². The minimum Gasteiger partial charge on any atom is -0.322 e. The summed E-state index contributed by atoms with van der Waals surface area (Å²) in [4.78, 5) is 8.97. The van der Waals surface area contributed by atoms with Crippen molar-refractivity contribution in [2.45, 2.75) is 13.0 Å². The number of imidazole rings is 1. The van der Waals surface area contributed by atoms with Gasteiger partial charge >= 0.3 is 0 Å². The average molecular weight is 248 g/mol. The molecule has 4 nitrogen and oxygen atoms in total. The lowest BCUT2D eigenvalue weighted by Gasteiger charge is -2.06. The van der Waals surface area contributed by atoms with Crippen LogP contribution in [0.2, 0.25) is 0 Å². The number of benzene rings is 1. The third-order valence-corrected chi connectivity index (χ3v) is 3.00. The van der Waals surface area contributed by atoms with Gasteiger partial charge in [-0.05, 0) is 24.3 Å². The normalized spacial score (nSPS) is 10.5. The lowest BCUT2D eigenvalue weighted by Crippen LogP contribution is -2.01. The number of hydrogen-bond acceptors (Lipinski definition) is 3. The minimum absolute atomic E-state index is 0.459. The van der Waals surface area contributed by atoms with Crippen LogP contribution < -0.4 is 0 Å². The van der Waals surface area contributed by atoms with Crippen molar-refractivity contribution in [1.29, 1.82) is 5.26 Å². The van der Waals surface area contributed by atoms with E-state index in [1.54, 1.807) is 6.20 Å². The molecule has 0 unspecified atom stereocenters. The Kier molecular flexibility index (Phi) is 2.95. The molecule has 1 aromatic carbocycles. The van der Waals surface area contributed by atoms with Crippen molar-refractivity contribution in [3.05, 3.63) is 48.7 Å². The molecule has 0 atom stereocenters. The fourth-order valence-electron chi connectivity index (χ4n) is 2.15. The molecule has 2 heterocycles. The Hall–Kier alpha value is -2.67. The van der Waals surface area contributed by atoms with Crippen molar-refractivity contribution < 1.29 is 0 Å². The SMILES string of the molecule is N#CCCn1c(-c2ccccn2)nc2ccccc21. The Morgan fingerprint density at radius 2 is 1.95 bits per heavy atom. The Morgan fingerprint density at radius 1 is 1.11 bits per heavy atom. The lowest BCUT2D eigenvalue weighted by molar-refractivity contribution is 0.742. The number of para-hydroxylation sites is 2. The van der Waals surface area contributed by atoms with E-state index in [4.69, 9.17) is 5.26 Å². The van der Waals surface area contributed by atoms with Crippen LogP contribution in [0.3, 0.4) is 0 Å². The fraction of sp³-hybridized carbons (Fsp3) is 0.133. The molecule has 0 spiro atoms. The van der Waals surface area contributed by atoms with Crippen LogP contribution in [0.1, 0.15) is 6.42 Å². The molecule has 0 amide bonds. The van der Waals surface area contributed by atoms with E-state index >= 15 is 0 Å². The first-order chi connectivity index (χ1) is 9.40. The van der Waals surface area contributed by atoms with Crippen LogP contribution in [-0.2, 0) is 6.54 Å². The molecule has 19 heavy (non-hydrogen) atoms. The topological polar surface area (TPSA) is 54.5 Å². The molecule has 0 radical (unpaired) electrons. The van der Waals surface area contributed by atoms with E-state index < -0.39 is 0 Å². The minimum atomic E-state index is 0.459. The van der Waals surface area contributed by atoms with Gasteiger partial charge in [0.1, 0.15) is 5.69 Å². The summed E-state index contributed by atoms with van der Waals surface area (Å²) in [5.41, 5.74) is 2.80. The fourth-order valence-corrected chi connectivity index (χ4v) is 2.15. The Labute approximate surface area is 111 Å². The molecule has 0 N–H and O–H groups in total. The summed E-state index contributed by atoms with van der Waals surface area (Å²) in [6.45, 7) is 0.628. The highest BCUT2D eigenvalue weighted by Crippen LogP contribution is 2.23. The van der Waals surface area contributed by atoms with Crippen molar-refractivity contribution in [3.8, 4) is 17.6 Å². The van der Waals surface area contributed by atoms with E-state index in [0.29, 0.717) is 13.0 Å². The second kappa shape index (κ2) is 4.91. The van der Waals surface area contributed by atoms with Crippen LogP contribution in [0.15, 0.2) is 48.7 Å². The highest BCUT2D eigenvalue weighted by molar-refractivity contribution is 5.79. The van der Waals surface area contributed by atoms with Gasteiger partial charge in [0.15, 0.2) is 5.82 Å². The predicted octanol–water partition coefficient (Wildman–Crippen LogP) is 3.01. The van der Waals surface area contributed by atoms with Crippen LogP contribution in [0.5, 0.6) is 0 Å². The molecule has 92 valence electrons. The highest BCUT2D eigenvalue weighted by Gasteiger charge is 2.12. The monoisotopic (exact) mass is 248 g/mol. The lowest BCUT2D eigenvalue weighted by atomic mass is 10.3. The maximum absolute atomic E-state index is 8.80. The van der Waals surface area contributed by atoms with Gasteiger partial charge in [0.05, 0.1) is 23.5 Å². The molecule has 3 aromatic rings. The number of nitriles is 1. The van der Waals surface area contributed by atoms with E-state index in [1.165, 1.54) is 0 Å². The number of rotatable bonds is 3. The Balaban J connectivity index is 2.20. The zero-order valence-electron chi connectivity index (χ0n) is 10.3. The summed E-state index contributed by atoms with van der Waals surface area (Å²) in [6.07, 6.45) is 2.21. The number of fused-ring (bicyclic) bond motifs is 1. The number of nitrogens with zero attached hydrogens (tertiary/aromatic N) is 4. The number of aryl methyl sites for hydroxylation is 1. The molecular weight excluding hydrogens is 236 g/mol. The quantitative estimate of drug-likeness (QED) is 0.716. The number of aromatic nitrogens is 3. The standard InChI is InChI=1S/C15H12N4/c16-9-5-11-19-14-8-2-1-6-12(14)18-15(19)13-7-3-4-10-17-13/h1-4,6-8,10H,5,11H2. The van der Waals surface area contributed by atoms with Crippen LogP contribution >= 0.6 is 0 Å². The van der Waals surface area contributed by atoms with Crippen molar-refractivity contribution in [2.75, 3.05) is 0 Å². The first kappa shape index (κ1) is 11.4. The summed E-state index contributed by atoms with van der Waals surface area (Å²) < 4.78 is 2.06. The summed E-state index contributed by atoms with van der Waals surface area (Å²) in [6, 6.07) is 15.9. The second-order valence-corrected chi connectivity index (χ2v) is 4.20. The maximum Gasteiger partial charge on any atom is 0.159 e. The van der Waals surface area contributed by atoms with Crippen LogP contribution in [-0.4, -0.2) is 14.5 Å². The average Bonchev–Trinajstić information content (AvgIpc) is 2.85. The van der Waals surface area contributed by atoms with E-state index in [1.807, 2.05) is 42.5 Å². The second-order valence-electron chi connectivity index (χ2n) is 4.20. The molecule has 0 fully saturated rings. The first-order valence-corrected chi connectivity index (χ1v) is 6.14. The Bertz CT molecular complexity index is 738. The van der Waals surface area contributed by atoms with Gasteiger partial charge in [-0.15, -0.1) is 0 Å². The maximum atomic E-state index is 8.80. The Morgan fingerprint density at radius 3 is 2.74 bits per heavy atom. The van der Waals surface area contributed by atoms with Gasteiger partial charge in [-0.2, -0.15) is 5.26 Å². The zero-order valence-corrected chi connectivity index (χ0v) is 10.3. The van der Waals surface area contributed by atoms with Crippen molar-refractivity contribution in [1.82, 2.24) is 14.5 Å². The molecule has 4 heteroatoms. The summed E-state index contributed by atoms with van der Waals surface area (Å²) in [5.74, 6) is 0.817. The first-order valence-electron chi connectivity index (χ1n) is 6.14. The molecular formula is C15H12N4. The number of hydrogen-bond donors (Lipinski definition) is 0. The van der Waals surface area contributed by atoms with Gasteiger partial charge < -0.3 is 4.57 Å². The van der Waals surface area contributed by atoms with Crippen LogP contribution in [0.4, 0.5) is 0 Å². The van der Waals surface area contributed by atoms with E-state index in [0.717, 1.165) is 22.6 Å². The van der Waals surface area contributed by atoms with Gasteiger partial charge in [-0.1, -0.05) is 18.2 Å². The molecule has 2 aromatic heterocycles. The van der Waals surface area contributed by atoms with Gasteiger partial charge in [0.25, 0.3) is 0 Å². The van der Waals surface area contributed by atoms with E-state index in [9.17, 15) is 0 Å². The smallest absolute Gasteiger partial charge is 0.159 e. The van der Waals surface area contributed by atoms with Crippen molar-refractivity contribution in [2.24, 2.45) is 0 Å². The van der Waals surface area contributed by atoms with Gasteiger partial charge in [0.2, 0.25) is 0 Å². The largest absolute Gasteiger partial charge is 0.322 e. The molecule has 0 aliphatic rings. The summed E-state index contributed by atoms with van der Waals surface area (Å²) in [7, 11) is 0.